The normalized spacial score (nSPS) is 35.2. The highest BCUT2D eigenvalue weighted by atomic mass is 28.4. The van der Waals surface area contributed by atoms with E-state index in [1.54, 1.807) is 0 Å². The smallest absolute Gasteiger partial charge is 0.335 e. The van der Waals surface area contributed by atoms with Gasteiger partial charge in [0.05, 0.1) is 23.7 Å². The highest BCUT2D eigenvalue weighted by Crippen LogP contribution is 2.62. The van der Waals surface area contributed by atoms with Crippen LogP contribution in [0.25, 0.3) is 0 Å². The fourth-order valence-corrected chi connectivity index (χ4v) is 8.28. The molecule has 0 saturated carbocycles. The number of nitrogens with zero attached hydrogens (tertiary/aromatic N) is 1. The summed E-state index contributed by atoms with van der Waals surface area (Å²) in [7, 11) is -0.310. The molecule has 1 aromatic carbocycles. The second kappa shape index (κ2) is 6.19. The lowest BCUT2D eigenvalue weighted by atomic mass is 9.59. The Morgan fingerprint density at radius 1 is 1.31 bits per heavy atom. The standard InChI is InChI=1S/C23H32N2O3Si/c1-6-22(28-29(3,4)5)14-25-12-11-23-15-9-7-8-10-17(15)24-20(23)19(21(26)27-2)16(22)13-18(23)25/h7-10,16,18,24H,6,11-14H2,1-5H3/t16-,18+,22+,23-/m1/s1. The molecule has 5 rings (SSSR count). The van der Waals surface area contributed by atoms with Crippen molar-refractivity contribution in [1.29, 1.82) is 0 Å². The maximum absolute atomic E-state index is 13.2. The summed E-state index contributed by atoms with van der Waals surface area (Å²) in [4.78, 5) is 15.9. The molecule has 1 spiro atoms. The van der Waals surface area contributed by atoms with Crippen LogP contribution in [-0.2, 0) is 19.4 Å². The zero-order chi connectivity index (χ0) is 20.6. The molecule has 3 aliphatic heterocycles. The molecule has 0 unspecified atom stereocenters. The van der Waals surface area contributed by atoms with Crippen molar-refractivity contribution in [2.75, 3.05) is 25.5 Å². The third-order valence-electron chi connectivity index (χ3n) is 7.61. The first kappa shape index (κ1) is 19.3. The number of benzene rings is 1. The Morgan fingerprint density at radius 3 is 2.76 bits per heavy atom. The molecule has 6 heteroatoms. The van der Waals surface area contributed by atoms with Crippen molar-refractivity contribution in [2.45, 2.75) is 62.9 Å². The van der Waals surface area contributed by atoms with Gasteiger partial charge in [-0.25, -0.2) is 4.79 Å². The molecule has 156 valence electrons. The van der Waals surface area contributed by atoms with Gasteiger partial charge < -0.3 is 14.5 Å². The van der Waals surface area contributed by atoms with Crippen LogP contribution in [0.3, 0.4) is 0 Å². The predicted molar refractivity (Wildman–Crippen MR) is 116 cm³/mol. The zero-order valence-corrected chi connectivity index (χ0v) is 19.2. The number of para-hydroxylation sites is 1. The summed E-state index contributed by atoms with van der Waals surface area (Å²) in [5.41, 5.74) is 3.97. The summed E-state index contributed by atoms with van der Waals surface area (Å²) in [6.07, 6.45) is 2.90. The van der Waals surface area contributed by atoms with E-state index in [0.29, 0.717) is 6.04 Å². The van der Waals surface area contributed by atoms with E-state index >= 15 is 0 Å². The number of carbonyl (C=O) groups is 1. The van der Waals surface area contributed by atoms with E-state index in [1.165, 1.54) is 12.7 Å². The van der Waals surface area contributed by atoms with Crippen molar-refractivity contribution in [1.82, 2.24) is 4.90 Å². The van der Waals surface area contributed by atoms with Gasteiger partial charge in [0.2, 0.25) is 0 Å². The Labute approximate surface area is 174 Å². The minimum atomic E-state index is -1.82. The van der Waals surface area contributed by atoms with Crippen molar-refractivity contribution in [3.05, 3.63) is 41.1 Å². The molecule has 3 heterocycles. The maximum atomic E-state index is 13.2. The number of fused-ring (bicyclic) bond motifs is 2. The van der Waals surface area contributed by atoms with Gasteiger partial charge in [-0.1, -0.05) is 25.1 Å². The molecular formula is C23H32N2O3Si. The quantitative estimate of drug-likeness (QED) is 0.601. The van der Waals surface area contributed by atoms with Crippen molar-refractivity contribution < 1.29 is 14.0 Å². The molecule has 0 amide bonds. The summed E-state index contributed by atoms with van der Waals surface area (Å²) in [6, 6.07) is 8.99. The number of hydrogen-bond donors (Lipinski definition) is 1. The van der Waals surface area contributed by atoms with Crippen LogP contribution < -0.4 is 5.32 Å². The Bertz CT molecular complexity index is 908. The van der Waals surface area contributed by atoms with Crippen molar-refractivity contribution in [3.8, 4) is 0 Å². The van der Waals surface area contributed by atoms with Gasteiger partial charge in [0.1, 0.15) is 0 Å². The van der Waals surface area contributed by atoms with Gasteiger partial charge in [0.25, 0.3) is 0 Å². The second-order valence-corrected chi connectivity index (χ2v) is 14.5. The van der Waals surface area contributed by atoms with Gasteiger partial charge in [-0.15, -0.1) is 0 Å². The second-order valence-electron chi connectivity index (χ2n) is 10.1. The SMILES string of the molecule is CC[C@]1(O[Si](C)(C)C)CN2CC[C@]34C(=C(C(=O)OC)[C@H]1C[C@H]23)Nc1ccccc14. The van der Waals surface area contributed by atoms with Crippen molar-refractivity contribution in [2.24, 2.45) is 5.92 Å². The fourth-order valence-electron chi connectivity index (χ4n) is 6.71. The summed E-state index contributed by atoms with van der Waals surface area (Å²) in [5.74, 6) is -0.128. The lowest BCUT2D eigenvalue weighted by Crippen LogP contribution is -2.65. The number of anilines is 1. The third kappa shape index (κ3) is 2.49. The van der Waals surface area contributed by atoms with E-state index in [-0.39, 0.29) is 22.9 Å². The molecule has 0 aromatic heterocycles. The number of esters is 1. The van der Waals surface area contributed by atoms with Gasteiger partial charge in [0.15, 0.2) is 8.32 Å². The molecule has 4 aliphatic rings. The van der Waals surface area contributed by atoms with Gasteiger partial charge >= 0.3 is 5.97 Å². The molecule has 1 aliphatic carbocycles. The predicted octanol–water partition coefficient (Wildman–Crippen LogP) is 3.89. The van der Waals surface area contributed by atoms with Gasteiger partial charge in [-0.2, -0.15) is 0 Å². The van der Waals surface area contributed by atoms with Crippen LogP contribution in [-0.4, -0.2) is 51.0 Å². The number of carbonyl (C=O) groups excluding carboxylic acids is 1. The highest BCUT2D eigenvalue weighted by Gasteiger charge is 2.66. The molecule has 2 bridgehead atoms. The third-order valence-corrected chi connectivity index (χ3v) is 8.63. The monoisotopic (exact) mass is 412 g/mol. The molecular weight excluding hydrogens is 380 g/mol. The Hall–Kier alpha value is -1.63. The average molecular weight is 413 g/mol. The number of piperidine rings is 1. The van der Waals surface area contributed by atoms with Crippen LogP contribution in [0, 0.1) is 5.92 Å². The molecule has 2 fully saturated rings. The number of rotatable bonds is 4. The minimum absolute atomic E-state index is 0.0657. The fraction of sp³-hybridized carbons (Fsp3) is 0.609. The van der Waals surface area contributed by atoms with Crippen LogP contribution in [0.2, 0.25) is 19.6 Å². The van der Waals surface area contributed by atoms with E-state index in [1.807, 2.05) is 0 Å². The number of hydrogen-bond acceptors (Lipinski definition) is 5. The van der Waals surface area contributed by atoms with Crippen LogP contribution in [0.1, 0.15) is 31.7 Å². The topological polar surface area (TPSA) is 50.8 Å². The summed E-state index contributed by atoms with van der Waals surface area (Å²) in [6.45, 7) is 10.9. The lowest BCUT2D eigenvalue weighted by molar-refractivity contribution is -0.141. The molecule has 2 saturated heterocycles. The van der Waals surface area contributed by atoms with Gasteiger partial charge in [0, 0.05) is 29.9 Å². The van der Waals surface area contributed by atoms with E-state index in [0.717, 1.165) is 49.3 Å². The average Bonchev–Trinajstić information content (AvgIpc) is 3.23. The first-order chi connectivity index (χ1) is 13.8. The summed E-state index contributed by atoms with van der Waals surface area (Å²) >= 11 is 0. The molecule has 29 heavy (non-hydrogen) atoms. The Morgan fingerprint density at radius 2 is 2.07 bits per heavy atom. The summed E-state index contributed by atoms with van der Waals surface area (Å²) < 4.78 is 12.3. The highest BCUT2D eigenvalue weighted by molar-refractivity contribution is 6.69. The molecule has 0 radical (unpaired) electrons. The summed E-state index contributed by atoms with van der Waals surface area (Å²) in [5, 5.41) is 3.68. The zero-order valence-electron chi connectivity index (χ0n) is 18.2. The van der Waals surface area contributed by atoms with Crippen molar-refractivity contribution >= 4 is 20.0 Å². The van der Waals surface area contributed by atoms with Crippen LogP contribution in [0.5, 0.6) is 0 Å². The van der Waals surface area contributed by atoms with Crippen LogP contribution in [0.4, 0.5) is 5.69 Å². The first-order valence-electron chi connectivity index (χ1n) is 10.9. The van der Waals surface area contributed by atoms with Crippen LogP contribution in [0.15, 0.2) is 35.5 Å². The van der Waals surface area contributed by atoms with Gasteiger partial charge in [-0.3, -0.25) is 4.90 Å². The van der Waals surface area contributed by atoms with E-state index in [2.05, 4.69) is 61.0 Å². The van der Waals surface area contributed by atoms with Crippen molar-refractivity contribution in [3.63, 3.8) is 0 Å². The van der Waals surface area contributed by atoms with E-state index < -0.39 is 8.32 Å². The molecule has 4 atom stereocenters. The Kier molecular flexibility index (Phi) is 4.13. The lowest BCUT2D eigenvalue weighted by Gasteiger charge is -2.57. The number of nitrogens with one attached hydrogen (secondary N) is 1. The van der Waals surface area contributed by atoms with Crippen LogP contribution >= 0.6 is 0 Å². The maximum Gasteiger partial charge on any atom is 0.335 e. The molecule has 1 N–H and O–H groups in total. The largest absolute Gasteiger partial charge is 0.466 e. The number of ether oxygens (including phenoxy) is 1. The first-order valence-corrected chi connectivity index (χ1v) is 14.3. The van der Waals surface area contributed by atoms with E-state index in [9.17, 15) is 4.79 Å². The number of methoxy groups -OCH3 is 1. The van der Waals surface area contributed by atoms with Gasteiger partial charge in [-0.05, 0) is 57.1 Å². The minimum Gasteiger partial charge on any atom is -0.466 e. The van der Waals surface area contributed by atoms with E-state index in [4.69, 9.17) is 9.16 Å². The molecule has 1 aromatic rings. The molecule has 5 nitrogen and oxygen atoms in total. The Balaban J connectivity index is 1.76.